The summed E-state index contributed by atoms with van der Waals surface area (Å²) in [4.78, 5) is 23.2. The molecule has 2 atom stereocenters. The molecule has 0 radical (unpaired) electrons. The Kier molecular flexibility index (Phi) is 5.02. The van der Waals surface area contributed by atoms with E-state index in [-0.39, 0.29) is 17.5 Å². The second-order valence-electron chi connectivity index (χ2n) is 4.07. The highest BCUT2D eigenvalue weighted by molar-refractivity contribution is 9.10. The van der Waals surface area contributed by atoms with Gasteiger partial charge in [-0.2, -0.15) is 0 Å². The van der Waals surface area contributed by atoms with Crippen molar-refractivity contribution in [1.82, 2.24) is 0 Å². The summed E-state index contributed by atoms with van der Waals surface area (Å²) in [6, 6.07) is 4.16. The van der Waals surface area contributed by atoms with Crippen molar-refractivity contribution < 1.29 is 18.7 Å². The number of carbonyl (C=O) groups is 2. The molecule has 0 aliphatic rings. The Balaban J connectivity index is 3.13. The van der Waals surface area contributed by atoms with E-state index in [1.54, 1.807) is 13.0 Å². The molecule has 0 aromatic heterocycles. The normalized spacial score (nSPS) is 13.8. The van der Waals surface area contributed by atoms with Gasteiger partial charge in [-0.15, -0.1) is 0 Å². The number of hydrogen-bond acceptors (Lipinski definition) is 3. The van der Waals surface area contributed by atoms with Crippen LogP contribution in [0.15, 0.2) is 22.7 Å². The minimum atomic E-state index is -0.878. The van der Waals surface area contributed by atoms with Crippen molar-refractivity contribution in [2.75, 3.05) is 7.11 Å². The predicted molar refractivity (Wildman–Crippen MR) is 68.7 cm³/mol. The Morgan fingerprint density at radius 3 is 2.44 bits per heavy atom. The molecule has 18 heavy (non-hydrogen) atoms. The third-order valence-corrected chi connectivity index (χ3v) is 3.53. The first-order chi connectivity index (χ1) is 8.38. The molecule has 3 nitrogen and oxygen atoms in total. The molecule has 0 heterocycles. The predicted octanol–water partition coefficient (Wildman–Crippen LogP) is 3.07. The highest BCUT2D eigenvalue weighted by Gasteiger charge is 2.32. The quantitative estimate of drug-likeness (QED) is 0.633. The van der Waals surface area contributed by atoms with Gasteiger partial charge in [0.15, 0.2) is 0 Å². The first-order valence-electron chi connectivity index (χ1n) is 5.41. The van der Waals surface area contributed by atoms with Gasteiger partial charge in [0.05, 0.1) is 7.11 Å². The molecule has 0 aliphatic heterocycles. The highest BCUT2D eigenvalue weighted by Crippen LogP contribution is 2.32. The second-order valence-corrected chi connectivity index (χ2v) is 4.92. The number of carbonyl (C=O) groups excluding carboxylic acids is 2. The lowest BCUT2D eigenvalue weighted by molar-refractivity contribution is -0.149. The number of esters is 1. The molecule has 0 N–H and O–H groups in total. The van der Waals surface area contributed by atoms with Gasteiger partial charge in [0.25, 0.3) is 0 Å². The molecule has 5 heteroatoms. The Hall–Kier alpha value is -1.23. The van der Waals surface area contributed by atoms with Gasteiger partial charge in [0.1, 0.15) is 17.5 Å². The van der Waals surface area contributed by atoms with Crippen LogP contribution in [0.4, 0.5) is 4.39 Å². The number of rotatable bonds is 4. The minimum absolute atomic E-state index is 0.273. The van der Waals surface area contributed by atoms with Gasteiger partial charge in [0.2, 0.25) is 0 Å². The zero-order chi connectivity index (χ0) is 13.9. The van der Waals surface area contributed by atoms with Crippen LogP contribution in [0.2, 0.25) is 0 Å². The van der Waals surface area contributed by atoms with Crippen molar-refractivity contribution in [3.63, 3.8) is 0 Å². The standard InChI is InChI=1S/C13H14BrFO3/c1-7(12(8(2)16)13(17)18-3)10-5-4-9(15)6-11(10)14/h4-7,12H,1-3H3. The zero-order valence-corrected chi connectivity index (χ0v) is 12.0. The first kappa shape index (κ1) is 14.8. The van der Waals surface area contributed by atoms with Gasteiger partial charge in [-0.25, -0.2) is 4.39 Å². The van der Waals surface area contributed by atoms with E-state index in [9.17, 15) is 14.0 Å². The largest absolute Gasteiger partial charge is 0.468 e. The van der Waals surface area contributed by atoms with Crippen LogP contribution in [0.3, 0.4) is 0 Å². The molecule has 0 saturated carbocycles. The summed E-state index contributed by atoms with van der Waals surface area (Å²) in [6.45, 7) is 3.08. The van der Waals surface area contributed by atoms with Crippen LogP contribution in [0.25, 0.3) is 0 Å². The van der Waals surface area contributed by atoms with Crippen LogP contribution in [0.5, 0.6) is 0 Å². The van der Waals surface area contributed by atoms with E-state index < -0.39 is 11.9 Å². The molecule has 0 amide bonds. The van der Waals surface area contributed by atoms with Crippen molar-refractivity contribution >= 4 is 27.7 Å². The summed E-state index contributed by atoms with van der Waals surface area (Å²) in [5, 5.41) is 0. The van der Waals surface area contributed by atoms with Gasteiger partial charge in [-0.1, -0.05) is 28.9 Å². The fourth-order valence-electron chi connectivity index (χ4n) is 1.90. The van der Waals surface area contributed by atoms with E-state index in [1.807, 2.05) is 0 Å². The Labute approximate surface area is 113 Å². The van der Waals surface area contributed by atoms with E-state index in [4.69, 9.17) is 0 Å². The monoisotopic (exact) mass is 316 g/mol. The molecule has 1 aromatic carbocycles. The van der Waals surface area contributed by atoms with Crippen molar-refractivity contribution in [3.05, 3.63) is 34.1 Å². The highest BCUT2D eigenvalue weighted by atomic mass is 79.9. The van der Waals surface area contributed by atoms with Gasteiger partial charge >= 0.3 is 5.97 Å². The molecular weight excluding hydrogens is 303 g/mol. The SMILES string of the molecule is COC(=O)C(C(C)=O)C(C)c1ccc(F)cc1Br. The minimum Gasteiger partial charge on any atom is -0.468 e. The first-order valence-corrected chi connectivity index (χ1v) is 6.21. The molecule has 0 saturated heterocycles. The van der Waals surface area contributed by atoms with Crippen LogP contribution in [0, 0.1) is 11.7 Å². The van der Waals surface area contributed by atoms with Gasteiger partial charge in [-0.3, -0.25) is 9.59 Å². The summed E-state index contributed by atoms with van der Waals surface area (Å²) >= 11 is 3.23. The molecule has 0 fully saturated rings. The Morgan fingerprint density at radius 1 is 1.39 bits per heavy atom. The van der Waals surface area contributed by atoms with E-state index in [0.29, 0.717) is 10.0 Å². The maximum Gasteiger partial charge on any atom is 0.316 e. The van der Waals surface area contributed by atoms with Gasteiger partial charge < -0.3 is 4.74 Å². The van der Waals surface area contributed by atoms with E-state index in [1.165, 1.54) is 26.2 Å². The topological polar surface area (TPSA) is 43.4 Å². The lowest BCUT2D eigenvalue weighted by Crippen LogP contribution is -2.28. The van der Waals surface area contributed by atoms with Crippen molar-refractivity contribution in [3.8, 4) is 0 Å². The summed E-state index contributed by atoms with van der Waals surface area (Å²) in [5.74, 6) is -2.49. The molecule has 1 aromatic rings. The third kappa shape index (κ3) is 3.16. The van der Waals surface area contributed by atoms with Crippen LogP contribution >= 0.6 is 15.9 Å². The molecule has 2 unspecified atom stereocenters. The fourth-order valence-corrected chi connectivity index (χ4v) is 2.61. The molecule has 1 rings (SSSR count). The summed E-state index contributed by atoms with van der Waals surface area (Å²) in [6.07, 6.45) is 0. The molecule has 0 bridgehead atoms. The van der Waals surface area contributed by atoms with Gasteiger partial charge in [0, 0.05) is 10.4 Å². The van der Waals surface area contributed by atoms with Crippen molar-refractivity contribution in [2.24, 2.45) is 5.92 Å². The third-order valence-electron chi connectivity index (χ3n) is 2.85. The lowest BCUT2D eigenvalue weighted by atomic mass is 9.85. The summed E-state index contributed by atoms with van der Waals surface area (Å²) < 4.78 is 18.2. The number of Topliss-reactive ketones (excluding diaryl/α,β-unsaturated/α-hetero) is 1. The van der Waals surface area contributed by atoms with Gasteiger partial charge in [-0.05, 0) is 24.6 Å². The Bertz CT molecular complexity index is 473. The lowest BCUT2D eigenvalue weighted by Gasteiger charge is -2.20. The second kappa shape index (κ2) is 6.09. The maximum absolute atomic E-state index is 13.0. The maximum atomic E-state index is 13.0. The smallest absolute Gasteiger partial charge is 0.316 e. The molecular formula is C13H14BrFO3. The molecule has 98 valence electrons. The number of ether oxygens (including phenoxy) is 1. The van der Waals surface area contributed by atoms with E-state index in [2.05, 4.69) is 20.7 Å². The number of methoxy groups -OCH3 is 1. The average Bonchev–Trinajstić information content (AvgIpc) is 2.28. The number of halogens is 2. The molecule has 0 spiro atoms. The van der Waals surface area contributed by atoms with E-state index >= 15 is 0 Å². The Morgan fingerprint density at radius 2 is 2.00 bits per heavy atom. The number of benzene rings is 1. The number of ketones is 1. The van der Waals surface area contributed by atoms with E-state index in [0.717, 1.165) is 0 Å². The van der Waals surface area contributed by atoms with Crippen LogP contribution in [-0.4, -0.2) is 18.9 Å². The van der Waals surface area contributed by atoms with Crippen LogP contribution in [0.1, 0.15) is 25.3 Å². The average molecular weight is 317 g/mol. The molecule has 0 aliphatic carbocycles. The zero-order valence-electron chi connectivity index (χ0n) is 10.4. The van der Waals surface area contributed by atoms with Crippen molar-refractivity contribution in [1.29, 1.82) is 0 Å². The van der Waals surface area contributed by atoms with Crippen LogP contribution in [-0.2, 0) is 14.3 Å². The summed E-state index contributed by atoms with van der Waals surface area (Å²) in [7, 11) is 1.24. The van der Waals surface area contributed by atoms with Crippen LogP contribution < -0.4 is 0 Å². The fraction of sp³-hybridized carbons (Fsp3) is 0.385. The number of hydrogen-bond donors (Lipinski definition) is 0. The summed E-state index contributed by atoms with van der Waals surface area (Å²) in [5.41, 5.74) is 0.696. The van der Waals surface area contributed by atoms with Crippen molar-refractivity contribution in [2.45, 2.75) is 19.8 Å².